The molecule has 1 aliphatic rings. The molecule has 1 fully saturated rings. The van der Waals surface area contributed by atoms with Crippen molar-refractivity contribution in [2.24, 2.45) is 11.7 Å². The summed E-state index contributed by atoms with van der Waals surface area (Å²) in [6, 6.07) is 12.5. The summed E-state index contributed by atoms with van der Waals surface area (Å²) < 4.78 is 5.96. The van der Waals surface area contributed by atoms with E-state index in [1.165, 1.54) is 30.0 Å². The van der Waals surface area contributed by atoms with Crippen LogP contribution in [-0.2, 0) is 6.54 Å². The number of benzene rings is 2. The van der Waals surface area contributed by atoms with Crippen molar-refractivity contribution in [3.05, 3.63) is 42.0 Å². The van der Waals surface area contributed by atoms with Crippen LogP contribution in [0.25, 0.3) is 10.8 Å². The van der Waals surface area contributed by atoms with E-state index in [1.54, 1.807) is 0 Å². The number of rotatable bonds is 4. The Morgan fingerprint density at radius 1 is 1.11 bits per heavy atom. The quantitative estimate of drug-likeness (QED) is 0.889. The second-order valence-electron chi connectivity index (χ2n) is 5.08. The zero-order chi connectivity index (χ0) is 12.4. The largest absolute Gasteiger partial charge is 0.493 e. The highest BCUT2D eigenvalue weighted by molar-refractivity contribution is 5.87. The van der Waals surface area contributed by atoms with Crippen molar-refractivity contribution in [2.75, 3.05) is 6.61 Å². The van der Waals surface area contributed by atoms with Crippen molar-refractivity contribution < 1.29 is 4.74 Å². The molecule has 2 aromatic rings. The van der Waals surface area contributed by atoms with Gasteiger partial charge in [0.05, 0.1) is 6.61 Å². The van der Waals surface area contributed by atoms with Crippen LogP contribution >= 0.6 is 0 Å². The average molecular weight is 241 g/mol. The molecule has 0 radical (unpaired) electrons. The molecular formula is C16H19NO. The van der Waals surface area contributed by atoms with Gasteiger partial charge in [0, 0.05) is 12.1 Å². The Labute approximate surface area is 108 Å². The normalized spacial score (nSPS) is 15.6. The predicted octanol–water partition coefficient (Wildman–Crippen LogP) is 3.48. The summed E-state index contributed by atoms with van der Waals surface area (Å²) in [4.78, 5) is 0. The lowest BCUT2D eigenvalue weighted by atomic mass is 9.86. The Kier molecular flexibility index (Phi) is 3.20. The lowest BCUT2D eigenvalue weighted by Crippen LogP contribution is -2.19. The van der Waals surface area contributed by atoms with Gasteiger partial charge >= 0.3 is 0 Å². The van der Waals surface area contributed by atoms with Crippen LogP contribution in [-0.4, -0.2) is 6.61 Å². The van der Waals surface area contributed by atoms with E-state index in [2.05, 4.69) is 36.4 Å². The van der Waals surface area contributed by atoms with Crippen LogP contribution < -0.4 is 10.5 Å². The number of ether oxygens (including phenoxy) is 1. The van der Waals surface area contributed by atoms with Crippen molar-refractivity contribution in [1.82, 2.24) is 0 Å². The highest BCUT2D eigenvalue weighted by Gasteiger charge is 2.18. The highest BCUT2D eigenvalue weighted by atomic mass is 16.5. The molecule has 2 nitrogen and oxygen atoms in total. The molecule has 18 heavy (non-hydrogen) atoms. The molecule has 1 aliphatic carbocycles. The second-order valence-corrected chi connectivity index (χ2v) is 5.08. The molecule has 0 atom stereocenters. The first-order valence-corrected chi connectivity index (χ1v) is 6.72. The van der Waals surface area contributed by atoms with Crippen molar-refractivity contribution in [3.8, 4) is 5.75 Å². The van der Waals surface area contributed by atoms with Crippen LogP contribution in [0.15, 0.2) is 36.4 Å². The molecule has 0 spiro atoms. The fourth-order valence-electron chi connectivity index (χ4n) is 2.53. The maximum atomic E-state index is 5.96. The molecule has 0 bridgehead atoms. The van der Waals surface area contributed by atoms with Crippen LogP contribution in [0.2, 0.25) is 0 Å². The molecule has 0 heterocycles. The van der Waals surface area contributed by atoms with Gasteiger partial charge in [-0.15, -0.1) is 0 Å². The monoisotopic (exact) mass is 241 g/mol. The van der Waals surface area contributed by atoms with Gasteiger partial charge in [0.15, 0.2) is 0 Å². The first kappa shape index (κ1) is 11.5. The van der Waals surface area contributed by atoms with Gasteiger partial charge in [0.2, 0.25) is 0 Å². The highest BCUT2D eigenvalue weighted by Crippen LogP contribution is 2.31. The number of hydrogen-bond acceptors (Lipinski definition) is 2. The second kappa shape index (κ2) is 4.99. The minimum Gasteiger partial charge on any atom is -0.493 e. The van der Waals surface area contributed by atoms with E-state index >= 15 is 0 Å². The Balaban J connectivity index is 1.90. The fraction of sp³-hybridized carbons (Fsp3) is 0.375. The maximum Gasteiger partial charge on any atom is 0.124 e. The van der Waals surface area contributed by atoms with Gasteiger partial charge in [0.25, 0.3) is 0 Å². The number of hydrogen-bond donors (Lipinski definition) is 1. The molecule has 2 N–H and O–H groups in total. The van der Waals surface area contributed by atoms with E-state index in [-0.39, 0.29) is 0 Å². The molecule has 3 rings (SSSR count). The third-order valence-electron chi connectivity index (χ3n) is 3.90. The third kappa shape index (κ3) is 2.08. The molecule has 2 heteroatoms. The van der Waals surface area contributed by atoms with Crippen LogP contribution in [0.3, 0.4) is 0 Å². The van der Waals surface area contributed by atoms with Crippen molar-refractivity contribution in [1.29, 1.82) is 0 Å². The van der Waals surface area contributed by atoms with Gasteiger partial charge in [0.1, 0.15) is 5.75 Å². The molecule has 0 unspecified atom stereocenters. The van der Waals surface area contributed by atoms with E-state index in [9.17, 15) is 0 Å². The van der Waals surface area contributed by atoms with E-state index < -0.39 is 0 Å². The summed E-state index contributed by atoms with van der Waals surface area (Å²) in [5, 5.41) is 2.44. The van der Waals surface area contributed by atoms with Crippen molar-refractivity contribution in [3.63, 3.8) is 0 Å². The number of nitrogens with two attached hydrogens (primary N) is 1. The summed E-state index contributed by atoms with van der Waals surface area (Å²) in [6.45, 7) is 1.37. The van der Waals surface area contributed by atoms with Gasteiger partial charge in [-0.1, -0.05) is 36.8 Å². The van der Waals surface area contributed by atoms with Crippen molar-refractivity contribution in [2.45, 2.75) is 25.8 Å². The smallest absolute Gasteiger partial charge is 0.124 e. The molecule has 0 saturated heterocycles. The standard InChI is InChI=1S/C16H19NO/c17-10-15-14-7-2-1-6-13(14)8-9-16(15)18-11-12-4-3-5-12/h1-2,6-9,12H,3-5,10-11,17H2. The first-order valence-electron chi connectivity index (χ1n) is 6.72. The van der Waals surface area contributed by atoms with Gasteiger partial charge in [-0.05, 0) is 35.6 Å². The third-order valence-corrected chi connectivity index (χ3v) is 3.90. The average Bonchev–Trinajstić information content (AvgIpc) is 2.36. The molecule has 0 aromatic heterocycles. The molecule has 94 valence electrons. The molecular weight excluding hydrogens is 222 g/mol. The summed E-state index contributed by atoms with van der Waals surface area (Å²) in [7, 11) is 0. The zero-order valence-corrected chi connectivity index (χ0v) is 10.6. The predicted molar refractivity (Wildman–Crippen MR) is 74.7 cm³/mol. The Hall–Kier alpha value is -1.54. The van der Waals surface area contributed by atoms with Crippen LogP contribution in [0.5, 0.6) is 5.75 Å². The van der Waals surface area contributed by atoms with Gasteiger partial charge in [-0.25, -0.2) is 0 Å². The van der Waals surface area contributed by atoms with E-state index in [0.29, 0.717) is 6.54 Å². The molecule has 1 saturated carbocycles. The first-order chi connectivity index (χ1) is 8.88. The number of fused-ring (bicyclic) bond motifs is 1. The molecule has 0 aliphatic heterocycles. The minimum absolute atomic E-state index is 0.529. The topological polar surface area (TPSA) is 35.2 Å². The summed E-state index contributed by atoms with van der Waals surface area (Å²) in [6.07, 6.45) is 3.98. The van der Waals surface area contributed by atoms with Crippen LogP contribution in [0, 0.1) is 5.92 Å². The Morgan fingerprint density at radius 3 is 2.67 bits per heavy atom. The van der Waals surface area contributed by atoms with E-state index in [0.717, 1.165) is 23.8 Å². The van der Waals surface area contributed by atoms with Gasteiger partial charge < -0.3 is 10.5 Å². The van der Waals surface area contributed by atoms with Gasteiger partial charge in [-0.2, -0.15) is 0 Å². The lowest BCUT2D eigenvalue weighted by molar-refractivity contribution is 0.179. The van der Waals surface area contributed by atoms with Gasteiger partial charge in [-0.3, -0.25) is 0 Å². The molecule has 2 aromatic carbocycles. The summed E-state index contributed by atoms with van der Waals surface area (Å²) in [5.41, 5.74) is 7.02. The lowest BCUT2D eigenvalue weighted by Gasteiger charge is -2.25. The van der Waals surface area contributed by atoms with Crippen LogP contribution in [0.1, 0.15) is 24.8 Å². The molecule has 0 amide bonds. The minimum atomic E-state index is 0.529. The van der Waals surface area contributed by atoms with Crippen LogP contribution in [0.4, 0.5) is 0 Å². The SMILES string of the molecule is NCc1c(OCC2CCC2)ccc2ccccc12. The van der Waals surface area contributed by atoms with Crippen molar-refractivity contribution >= 4 is 10.8 Å². The summed E-state index contributed by atoms with van der Waals surface area (Å²) in [5.74, 6) is 1.71. The Morgan fingerprint density at radius 2 is 1.94 bits per heavy atom. The fourth-order valence-corrected chi connectivity index (χ4v) is 2.53. The van der Waals surface area contributed by atoms with E-state index in [1.807, 2.05) is 0 Å². The Bertz CT molecular complexity index is 546. The maximum absolute atomic E-state index is 5.96. The van der Waals surface area contributed by atoms with E-state index in [4.69, 9.17) is 10.5 Å². The zero-order valence-electron chi connectivity index (χ0n) is 10.6. The summed E-state index contributed by atoms with van der Waals surface area (Å²) >= 11 is 0.